The lowest BCUT2D eigenvalue weighted by Gasteiger charge is -2.13. The van der Waals surface area contributed by atoms with Gasteiger partial charge in [-0.2, -0.15) is 0 Å². The number of halogens is 1. The number of hydrogen-bond donors (Lipinski definition) is 1. The molecule has 0 bridgehead atoms. The topological polar surface area (TPSA) is 37.3 Å². The van der Waals surface area contributed by atoms with Crippen LogP contribution in [0.2, 0.25) is 0 Å². The van der Waals surface area contributed by atoms with Crippen LogP contribution in [-0.4, -0.2) is 11.1 Å². The van der Waals surface area contributed by atoms with Gasteiger partial charge in [0.1, 0.15) is 5.82 Å². The standard InChI is InChI=1S/C16H15FO2/c17-15-9-5-4-8-13(15)14(16(18)19)11-10-12-6-2-1-3-7-12/h1-9,14H,10-11H2,(H,18,19). The average molecular weight is 258 g/mol. The molecule has 0 spiro atoms. The molecule has 98 valence electrons. The monoisotopic (exact) mass is 258 g/mol. The lowest BCUT2D eigenvalue weighted by molar-refractivity contribution is -0.139. The van der Waals surface area contributed by atoms with Gasteiger partial charge in [0.15, 0.2) is 0 Å². The van der Waals surface area contributed by atoms with Gasteiger partial charge in [-0.25, -0.2) is 4.39 Å². The van der Waals surface area contributed by atoms with Crippen LogP contribution in [0.5, 0.6) is 0 Å². The first-order chi connectivity index (χ1) is 9.18. The molecule has 1 N–H and O–H groups in total. The lowest BCUT2D eigenvalue weighted by atomic mass is 9.92. The summed E-state index contributed by atoms with van der Waals surface area (Å²) in [5.74, 6) is -2.25. The average Bonchev–Trinajstić information content (AvgIpc) is 2.42. The largest absolute Gasteiger partial charge is 0.481 e. The highest BCUT2D eigenvalue weighted by molar-refractivity contribution is 5.76. The van der Waals surface area contributed by atoms with Crippen molar-refractivity contribution in [2.75, 3.05) is 0 Å². The van der Waals surface area contributed by atoms with E-state index in [1.165, 1.54) is 6.07 Å². The van der Waals surface area contributed by atoms with Gasteiger partial charge in [0.2, 0.25) is 0 Å². The summed E-state index contributed by atoms with van der Waals surface area (Å²) in [7, 11) is 0. The second kappa shape index (κ2) is 6.14. The van der Waals surface area contributed by atoms with Gasteiger partial charge in [0.25, 0.3) is 0 Å². The lowest BCUT2D eigenvalue weighted by Crippen LogP contribution is -2.14. The molecule has 2 nitrogen and oxygen atoms in total. The molecule has 0 saturated heterocycles. The number of carbonyl (C=O) groups is 1. The highest BCUT2D eigenvalue weighted by Gasteiger charge is 2.22. The third kappa shape index (κ3) is 3.41. The molecular weight excluding hydrogens is 243 g/mol. The minimum atomic E-state index is -0.985. The van der Waals surface area contributed by atoms with Crippen LogP contribution in [0.1, 0.15) is 23.5 Å². The minimum absolute atomic E-state index is 0.255. The highest BCUT2D eigenvalue weighted by Crippen LogP contribution is 2.24. The Hall–Kier alpha value is -2.16. The Morgan fingerprint density at radius 3 is 2.32 bits per heavy atom. The van der Waals surface area contributed by atoms with Gasteiger partial charge < -0.3 is 5.11 Å². The molecule has 2 aromatic rings. The first-order valence-electron chi connectivity index (χ1n) is 6.19. The number of carboxylic acids is 1. The summed E-state index contributed by atoms with van der Waals surface area (Å²) >= 11 is 0. The van der Waals surface area contributed by atoms with Gasteiger partial charge in [0, 0.05) is 5.56 Å². The Morgan fingerprint density at radius 1 is 1.05 bits per heavy atom. The van der Waals surface area contributed by atoms with E-state index in [9.17, 15) is 14.3 Å². The molecule has 19 heavy (non-hydrogen) atoms. The molecule has 0 radical (unpaired) electrons. The summed E-state index contributed by atoms with van der Waals surface area (Å²) in [4.78, 5) is 11.3. The Labute approximate surface area is 111 Å². The minimum Gasteiger partial charge on any atom is -0.481 e. The molecule has 0 aromatic heterocycles. The summed E-state index contributed by atoms with van der Waals surface area (Å²) in [6.07, 6.45) is 1.01. The van der Waals surface area contributed by atoms with E-state index in [2.05, 4.69) is 0 Å². The summed E-state index contributed by atoms with van der Waals surface area (Å²) in [5.41, 5.74) is 1.32. The van der Waals surface area contributed by atoms with Crippen LogP contribution in [0.4, 0.5) is 4.39 Å². The van der Waals surface area contributed by atoms with Crippen molar-refractivity contribution in [1.82, 2.24) is 0 Å². The number of aryl methyl sites for hydroxylation is 1. The van der Waals surface area contributed by atoms with Crippen molar-refractivity contribution < 1.29 is 14.3 Å². The van der Waals surface area contributed by atoms with Crippen molar-refractivity contribution in [3.05, 3.63) is 71.5 Å². The summed E-state index contributed by atoms with van der Waals surface area (Å²) in [5, 5.41) is 9.26. The first-order valence-corrected chi connectivity index (χ1v) is 6.19. The molecule has 3 heteroatoms. The van der Waals surface area contributed by atoms with Crippen molar-refractivity contribution in [2.45, 2.75) is 18.8 Å². The maximum absolute atomic E-state index is 13.7. The number of carboxylic acid groups (broad SMARTS) is 1. The first kappa shape index (κ1) is 13.3. The Kier molecular flexibility index (Phi) is 4.29. The van der Waals surface area contributed by atoms with E-state index in [-0.39, 0.29) is 5.56 Å². The van der Waals surface area contributed by atoms with Crippen LogP contribution in [0, 0.1) is 5.82 Å². The van der Waals surface area contributed by atoms with Crippen molar-refractivity contribution in [2.24, 2.45) is 0 Å². The maximum atomic E-state index is 13.7. The molecule has 1 atom stereocenters. The molecule has 0 aliphatic carbocycles. The molecule has 0 amide bonds. The fourth-order valence-corrected chi connectivity index (χ4v) is 2.13. The molecule has 0 fully saturated rings. The van der Waals surface area contributed by atoms with E-state index in [0.717, 1.165) is 5.56 Å². The predicted molar refractivity (Wildman–Crippen MR) is 71.5 cm³/mol. The van der Waals surface area contributed by atoms with E-state index in [1.807, 2.05) is 30.3 Å². The molecule has 2 aromatic carbocycles. The smallest absolute Gasteiger partial charge is 0.311 e. The Balaban J connectivity index is 2.14. The van der Waals surface area contributed by atoms with Crippen LogP contribution >= 0.6 is 0 Å². The van der Waals surface area contributed by atoms with Gasteiger partial charge in [-0.1, -0.05) is 48.5 Å². The number of rotatable bonds is 5. The quantitative estimate of drug-likeness (QED) is 0.889. The molecule has 1 unspecified atom stereocenters. The normalized spacial score (nSPS) is 12.1. The van der Waals surface area contributed by atoms with Crippen LogP contribution < -0.4 is 0 Å². The van der Waals surface area contributed by atoms with Gasteiger partial charge >= 0.3 is 5.97 Å². The molecular formula is C16H15FO2. The SMILES string of the molecule is O=C(O)C(CCc1ccccc1)c1ccccc1F. The number of hydrogen-bond acceptors (Lipinski definition) is 1. The van der Waals surface area contributed by atoms with E-state index >= 15 is 0 Å². The van der Waals surface area contributed by atoms with Crippen LogP contribution in [0.15, 0.2) is 54.6 Å². The van der Waals surface area contributed by atoms with E-state index < -0.39 is 17.7 Å². The summed E-state index contributed by atoms with van der Waals surface area (Å²) in [6, 6.07) is 15.7. The second-order valence-corrected chi connectivity index (χ2v) is 4.44. The van der Waals surface area contributed by atoms with Crippen molar-refractivity contribution in [3.63, 3.8) is 0 Å². The summed E-state index contributed by atoms with van der Waals surface area (Å²) in [6.45, 7) is 0. The van der Waals surface area contributed by atoms with E-state index in [0.29, 0.717) is 12.8 Å². The maximum Gasteiger partial charge on any atom is 0.311 e. The number of aliphatic carboxylic acids is 1. The Morgan fingerprint density at radius 2 is 1.68 bits per heavy atom. The Bertz CT molecular complexity index is 552. The van der Waals surface area contributed by atoms with Crippen molar-refractivity contribution >= 4 is 5.97 Å². The fourth-order valence-electron chi connectivity index (χ4n) is 2.13. The molecule has 0 aliphatic rings. The molecule has 0 saturated carbocycles. The van der Waals surface area contributed by atoms with Crippen LogP contribution in [0.25, 0.3) is 0 Å². The van der Waals surface area contributed by atoms with Gasteiger partial charge in [-0.05, 0) is 24.5 Å². The second-order valence-electron chi connectivity index (χ2n) is 4.44. The van der Waals surface area contributed by atoms with Crippen molar-refractivity contribution in [3.8, 4) is 0 Å². The third-order valence-electron chi connectivity index (χ3n) is 3.14. The fraction of sp³-hybridized carbons (Fsp3) is 0.188. The van der Waals surface area contributed by atoms with Gasteiger partial charge in [-0.15, -0.1) is 0 Å². The summed E-state index contributed by atoms with van der Waals surface area (Å²) < 4.78 is 13.7. The molecule has 0 heterocycles. The van der Waals surface area contributed by atoms with E-state index in [4.69, 9.17) is 0 Å². The predicted octanol–water partition coefficient (Wildman–Crippen LogP) is 3.63. The van der Waals surface area contributed by atoms with Crippen molar-refractivity contribution in [1.29, 1.82) is 0 Å². The van der Waals surface area contributed by atoms with Gasteiger partial charge in [0.05, 0.1) is 5.92 Å². The zero-order valence-corrected chi connectivity index (χ0v) is 10.4. The van der Waals surface area contributed by atoms with Crippen LogP contribution in [-0.2, 0) is 11.2 Å². The highest BCUT2D eigenvalue weighted by atomic mass is 19.1. The van der Waals surface area contributed by atoms with E-state index in [1.54, 1.807) is 18.2 Å². The number of benzene rings is 2. The zero-order valence-electron chi connectivity index (χ0n) is 10.4. The molecule has 0 aliphatic heterocycles. The van der Waals surface area contributed by atoms with Crippen LogP contribution in [0.3, 0.4) is 0 Å². The molecule has 2 rings (SSSR count). The zero-order chi connectivity index (χ0) is 13.7. The van der Waals surface area contributed by atoms with Gasteiger partial charge in [-0.3, -0.25) is 4.79 Å². The third-order valence-corrected chi connectivity index (χ3v) is 3.14.